The molecule has 21 heavy (non-hydrogen) atoms. The maximum absolute atomic E-state index is 5.97. The summed E-state index contributed by atoms with van der Waals surface area (Å²) < 4.78 is 22.3. The van der Waals surface area contributed by atoms with Crippen LogP contribution >= 0.6 is 0 Å². The average molecular weight is 294 g/mol. The topological polar surface area (TPSA) is 75.8 Å². The molecule has 6 nitrogen and oxygen atoms in total. The first-order chi connectivity index (χ1) is 9.77. The van der Waals surface area contributed by atoms with E-state index in [0.29, 0.717) is 24.8 Å². The van der Waals surface area contributed by atoms with E-state index in [1.807, 2.05) is 27.7 Å². The Morgan fingerprint density at radius 1 is 1.19 bits per heavy atom. The van der Waals surface area contributed by atoms with Crippen molar-refractivity contribution in [2.45, 2.75) is 38.9 Å². The van der Waals surface area contributed by atoms with E-state index in [-0.39, 0.29) is 11.2 Å². The first-order valence-corrected chi connectivity index (χ1v) is 6.99. The van der Waals surface area contributed by atoms with Crippen LogP contribution in [0.2, 0.25) is 0 Å². The second-order valence-electron chi connectivity index (χ2n) is 6.09. The van der Waals surface area contributed by atoms with Gasteiger partial charge >= 0.3 is 7.12 Å². The van der Waals surface area contributed by atoms with Crippen LogP contribution in [0.5, 0.6) is 5.88 Å². The molecule has 7 heteroatoms. The van der Waals surface area contributed by atoms with Crippen molar-refractivity contribution in [3.8, 4) is 5.88 Å². The molecule has 1 aromatic rings. The molecule has 0 aromatic carbocycles. The Balaban J connectivity index is 2.11. The van der Waals surface area contributed by atoms with Crippen LogP contribution in [-0.2, 0) is 14.0 Å². The van der Waals surface area contributed by atoms with Gasteiger partial charge in [0.1, 0.15) is 6.61 Å². The molecular weight excluding hydrogens is 271 g/mol. The van der Waals surface area contributed by atoms with Crippen LogP contribution in [0.15, 0.2) is 12.3 Å². The number of anilines is 1. The third-order valence-corrected chi connectivity index (χ3v) is 3.95. The maximum atomic E-state index is 5.97. The minimum Gasteiger partial charge on any atom is -0.474 e. The number of pyridine rings is 1. The summed E-state index contributed by atoms with van der Waals surface area (Å²) in [5.74, 6) is 0.396. The molecule has 0 amide bonds. The number of nitrogens with two attached hydrogens (primary N) is 1. The number of methoxy groups -OCH3 is 1. The molecule has 0 spiro atoms. The van der Waals surface area contributed by atoms with Gasteiger partial charge < -0.3 is 24.5 Å². The third-order valence-electron chi connectivity index (χ3n) is 3.95. The van der Waals surface area contributed by atoms with Gasteiger partial charge in [0, 0.05) is 18.8 Å². The number of hydrogen-bond donors (Lipinski definition) is 1. The average Bonchev–Trinajstić information content (AvgIpc) is 2.60. The Bertz CT molecular complexity index is 492. The van der Waals surface area contributed by atoms with Gasteiger partial charge in [0.25, 0.3) is 0 Å². The highest BCUT2D eigenvalue weighted by Crippen LogP contribution is 2.36. The Hall–Kier alpha value is -1.31. The van der Waals surface area contributed by atoms with E-state index in [0.717, 1.165) is 5.46 Å². The molecule has 0 bridgehead atoms. The van der Waals surface area contributed by atoms with Crippen molar-refractivity contribution in [2.75, 3.05) is 26.1 Å². The first-order valence-electron chi connectivity index (χ1n) is 6.99. The highest BCUT2D eigenvalue weighted by molar-refractivity contribution is 6.62. The van der Waals surface area contributed by atoms with Crippen LogP contribution in [0, 0.1) is 0 Å². The number of nitrogens with zero attached hydrogens (tertiary/aromatic N) is 1. The molecule has 0 saturated carbocycles. The molecule has 2 rings (SSSR count). The molecule has 1 aromatic heterocycles. The summed E-state index contributed by atoms with van der Waals surface area (Å²) in [6.45, 7) is 8.92. The molecule has 0 atom stereocenters. The van der Waals surface area contributed by atoms with Crippen LogP contribution in [0.1, 0.15) is 27.7 Å². The van der Waals surface area contributed by atoms with Crippen molar-refractivity contribution in [3.05, 3.63) is 12.3 Å². The van der Waals surface area contributed by atoms with E-state index in [4.69, 9.17) is 24.5 Å². The molecular formula is C14H23BN2O4. The van der Waals surface area contributed by atoms with Gasteiger partial charge in [-0.15, -0.1) is 0 Å². The zero-order valence-corrected chi connectivity index (χ0v) is 13.3. The molecule has 0 aliphatic carbocycles. The Labute approximate surface area is 126 Å². The summed E-state index contributed by atoms with van der Waals surface area (Å²) in [5.41, 5.74) is 6.43. The molecule has 116 valence electrons. The summed E-state index contributed by atoms with van der Waals surface area (Å²) in [6, 6.07) is 1.78. The van der Waals surface area contributed by atoms with Gasteiger partial charge in [-0.05, 0) is 33.8 Å². The summed E-state index contributed by atoms with van der Waals surface area (Å²) >= 11 is 0. The monoisotopic (exact) mass is 294 g/mol. The minimum absolute atomic E-state index is 0.389. The van der Waals surface area contributed by atoms with Gasteiger partial charge in [-0.2, -0.15) is 0 Å². The van der Waals surface area contributed by atoms with E-state index in [2.05, 4.69) is 4.98 Å². The van der Waals surface area contributed by atoms with Gasteiger partial charge in [-0.1, -0.05) is 0 Å². The fraction of sp³-hybridized carbons (Fsp3) is 0.643. The molecule has 1 aliphatic heterocycles. The molecule has 2 heterocycles. The Kier molecular flexibility index (Phi) is 4.46. The van der Waals surface area contributed by atoms with Gasteiger partial charge in [0.15, 0.2) is 0 Å². The van der Waals surface area contributed by atoms with Gasteiger partial charge in [-0.3, -0.25) is 0 Å². The second kappa shape index (κ2) is 5.83. The molecule has 1 saturated heterocycles. The normalized spacial score (nSPS) is 19.8. The molecule has 2 N–H and O–H groups in total. The third kappa shape index (κ3) is 3.31. The fourth-order valence-electron chi connectivity index (χ4n) is 1.94. The van der Waals surface area contributed by atoms with E-state index in [9.17, 15) is 0 Å². The van der Waals surface area contributed by atoms with Gasteiger partial charge in [-0.25, -0.2) is 4.98 Å². The van der Waals surface area contributed by atoms with Crippen molar-refractivity contribution in [1.29, 1.82) is 0 Å². The molecule has 1 aliphatic rings. The predicted octanol–water partition coefficient (Wildman–Crippen LogP) is 0.988. The van der Waals surface area contributed by atoms with E-state index in [1.165, 1.54) is 0 Å². The maximum Gasteiger partial charge on any atom is 0.496 e. The fourth-order valence-corrected chi connectivity index (χ4v) is 1.94. The lowest BCUT2D eigenvalue weighted by Gasteiger charge is -2.32. The zero-order chi connectivity index (χ0) is 15.7. The minimum atomic E-state index is -0.474. The first kappa shape index (κ1) is 16.1. The second-order valence-corrected chi connectivity index (χ2v) is 6.09. The van der Waals surface area contributed by atoms with Crippen LogP contribution in [0.3, 0.4) is 0 Å². The lowest BCUT2D eigenvalue weighted by Crippen LogP contribution is -2.41. The number of hydrogen-bond acceptors (Lipinski definition) is 6. The molecule has 0 radical (unpaired) electrons. The van der Waals surface area contributed by atoms with E-state index in [1.54, 1.807) is 19.4 Å². The highest BCUT2D eigenvalue weighted by Gasteiger charge is 2.51. The zero-order valence-electron chi connectivity index (χ0n) is 13.3. The Morgan fingerprint density at radius 3 is 2.33 bits per heavy atom. The van der Waals surface area contributed by atoms with Crippen molar-refractivity contribution >= 4 is 18.3 Å². The van der Waals surface area contributed by atoms with Crippen molar-refractivity contribution in [2.24, 2.45) is 0 Å². The Morgan fingerprint density at radius 2 is 1.81 bits per heavy atom. The molecule has 0 unspecified atom stereocenters. The quantitative estimate of drug-likeness (QED) is 0.644. The molecule has 1 fully saturated rings. The summed E-state index contributed by atoms with van der Waals surface area (Å²) in [4.78, 5) is 4.23. The van der Waals surface area contributed by atoms with Crippen LogP contribution < -0.4 is 15.9 Å². The van der Waals surface area contributed by atoms with Gasteiger partial charge in [0.05, 0.1) is 23.5 Å². The summed E-state index contributed by atoms with van der Waals surface area (Å²) in [5, 5.41) is 0. The lowest BCUT2D eigenvalue weighted by molar-refractivity contribution is 0.00578. The SMILES string of the molecule is COCCOc1ncc(B2OC(C)(C)C(C)(C)O2)cc1N. The summed E-state index contributed by atoms with van der Waals surface area (Å²) in [7, 11) is 1.14. The predicted molar refractivity (Wildman–Crippen MR) is 81.7 cm³/mol. The van der Waals surface area contributed by atoms with Crippen molar-refractivity contribution in [1.82, 2.24) is 4.98 Å². The van der Waals surface area contributed by atoms with E-state index < -0.39 is 7.12 Å². The largest absolute Gasteiger partial charge is 0.496 e. The lowest BCUT2D eigenvalue weighted by atomic mass is 9.80. The van der Waals surface area contributed by atoms with Crippen LogP contribution in [-0.4, -0.2) is 43.6 Å². The van der Waals surface area contributed by atoms with Crippen molar-refractivity contribution < 1.29 is 18.8 Å². The van der Waals surface area contributed by atoms with Gasteiger partial charge in [0.2, 0.25) is 5.88 Å². The number of rotatable bonds is 5. The van der Waals surface area contributed by atoms with E-state index >= 15 is 0 Å². The summed E-state index contributed by atoms with van der Waals surface area (Å²) in [6.07, 6.45) is 1.67. The standard InChI is InChI=1S/C14H23BN2O4/c1-13(2)14(3,4)21-15(20-13)10-8-11(16)12(17-9-10)19-7-6-18-5/h8-9H,6-7,16H2,1-5H3. The highest BCUT2D eigenvalue weighted by atomic mass is 16.7. The van der Waals surface area contributed by atoms with Crippen LogP contribution in [0.4, 0.5) is 5.69 Å². The number of aromatic nitrogens is 1. The number of ether oxygens (including phenoxy) is 2. The smallest absolute Gasteiger partial charge is 0.474 e. The number of nitrogen functional groups attached to an aromatic ring is 1. The van der Waals surface area contributed by atoms with Crippen molar-refractivity contribution in [3.63, 3.8) is 0 Å². The van der Waals surface area contributed by atoms with Crippen LogP contribution in [0.25, 0.3) is 0 Å².